The Kier molecular flexibility index (Phi) is 4.73. The van der Waals surface area contributed by atoms with Gasteiger partial charge in [-0.1, -0.05) is 26.7 Å². The summed E-state index contributed by atoms with van der Waals surface area (Å²) < 4.78 is 30.0. The van der Waals surface area contributed by atoms with Crippen LogP contribution in [-0.4, -0.2) is 25.6 Å². The smallest absolute Gasteiger partial charge is 0.355 e. The average molecular weight is 314 g/mol. The van der Waals surface area contributed by atoms with Crippen LogP contribution in [0, 0.1) is 5.92 Å². The zero-order valence-electron chi connectivity index (χ0n) is 12.4. The SMILES string of the molecule is CC(C)COC(=O)c1cc(S(N)(=O)=O)cn1C1CCCC1. The zero-order chi connectivity index (χ0) is 15.6. The molecule has 1 aliphatic rings. The Morgan fingerprint density at radius 2 is 2.05 bits per heavy atom. The Hall–Kier alpha value is -1.34. The first-order valence-electron chi connectivity index (χ1n) is 7.21. The van der Waals surface area contributed by atoms with Gasteiger partial charge in [0.15, 0.2) is 0 Å². The number of sulfonamides is 1. The van der Waals surface area contributed by atoms with Gasteiger partial charge in [-0.2, -0.15) is 0 Å². The van der Waals surface area contributed by atoms with Gasteiger partial charge in [0.25, 0.3) is 0 Å². The average Bonchev–Trinajstić information content (AvgIpc) is 3.02. The van der Waals surface area contributed by atoms with Gasteiger partial charge in [0.1, 0.15) is 10.6 Å². The molecule has 1 heterocycles. The summed E-state index contributed by atoms with van der Waals surface area (Å²) in [5, 5.41) is 5.17. The van der Waals surface area contributed by atoms with E-state index in [4.69, 9.17) is 9.88 Å². The molecule has 0 aromatic carbocycles. The van der Waals surface area contributed by atoms with Crippen molar-refractivity contribution in [3.8, 4) is 0 Å². The molecule has 1 aliphatic carbocycles. The number of nitrogens with zero attached hydrogens (tertiary/aromatic N) is 1. The molecule has 2 N–H and O–H groups in total. The van der Waals surface area contributed by atoms with Gasteiger partial charge in [-0.25, -0.2) is 18.4 Å². The molecule has 1 fully saturated rings. The molecule has 7 heteroatoms. The van der Waals surface area contributed by atoms with Crippen molar-refractivity contribution in [2.45, 2.75) is 50.5 Å². The second-order valence-electron chi connectivity index (χ2n) is 5.94. The van der Waals surface area contributed by atoms with Crippen LogP contribution in [0.25, 0.3) is 0 Å². The van der Waals surface area contributed by atoms with E-state index in [1.807, 2.05) is 13.8 Å². The second-order valence-corrected chi connectivity index (χ2v) is 7.51. The van der Waals surface area contributed by atoms with Gasteiger partial charge < -0.3 is 9.30 Å². The minimum Gasteiger partial charge on any atom is -0.461 e. The lowest BCUT2D eigenvalue weighted by Gasteiger charge is -2.15. The molecule has 0 spiro atoms. The maximum Gasteiger partial charge on any atom is 0.355 e. The molecule has 0 saturated heterocycles. The Labute approximate surface area is 125 Å². The summed E-state index contributed by atoms with van der Waals surface area (Å²) >= 11 is 0. The summed E-state index contributed by atoms with van der Waals surface area (Å²) in [6.45, 7) is 4.19. The van der Waals surface area contributed by atoms with Crippen molar-refractivity contribution in [2.24, 2.45) is 11.1 Å². The van der Waals surface area contributed by atoms with E-state index in [9.17, 15) is 13.2 Å². The molecule has 2 rings (SSSR count). The van der Waals surface area contributed by atoms with E-state index < -0.39 is 16.0 Å². The Morgan fingerprint density at radius 3 is 2.57 bits per heavy atom. The zero-order valence-corrected chi connectivity index (χ0v) is 13.2. The molecule has 0 atom stereocenters. The fourth-order valence-electron chi connectivity index (χ4n) is 2.57. The number of hydrogen-bond donors (Lipinski definition) is 1. The lowest BCUT2D eigenvalue weighted by atomic mass is 10.2. The molecular formula is C14H22N2O4S. The maximum atomic E-state index is 12.2. The third-order valence-corrected chi connectivity index (χ3v) is 4.51. The fraction of sp³-hybridized carbons (Fsp3) is 0.643. The fourth-order valence-corrected chi connectivity index (χ4v) is 3.11. The van der Waals surface area contributed by atoms with Crippen LogP contribution in [-0.2, 0) is 14.8 Å². The Balaban J connectivity index is 2.32. The molecule has 0 aliphatic heterocycles. The predicted octanol–water partition coefficient (Wildman–Crippen LogP) is 2.06. The van der Waals surface area contributed by atoms with Gasteiger partial charge in [-0.3, -0.25) is 0 Å². The molecule has 1 saturated carbocycles. The van der Waals surface area contributed by atoms with Crippen molar-refractivity contribution >= 4 is 16.0 Å². The second kappa shape index (κ2) is 6.19. The summed E-state index contributed by atoms with van der Waals surface area (Å²) in [5.74, 6) is -0.271. The lowest BCUT2D eigenvalue weighted by Crippen LogP contribution is -2.16. The van der Waals surface area contributed by atoms with Crippen molar-refractivity contribution in [1.82, 2.24) is 4.57 Å². The van der Waals surface area contributed by atoms with Crippen molar-refractivity contribution in [3.63, 3.8) is 0 Å². The molecule has 0 unspecified atom stereocenters. The van der Waals surface area contributed by atoms with Crippen molar-refractivity contribution in [1.29, 1.82) is 0 Å². The third-order valence-electron chi connectivity index (χ3n) is 3.63. The van der Waals surface area contributed by atoms with Crippen molar-refractivity contribution < 1.29 is 17.9 Å². The van der Waals surface area contributed by atoms with E-state index in [1.54, 1.807) is 4.57 Å². The van der Waals surface area contributed by atoms with Crippen LogP contribution in [0.2, 0.25) is 0 Å². The third kappa shape index (κ3) is 3.85. The molecule has 0 bridgehead atoms. The van der Waals surface area contributed by atoms with Crippen molar-refractivity contribution in [3.05, 3.63) is 18.0 Å². The minimum atomic E-state index is -3.83. The number of esters is 1. The summed E-state index contributed by atoms with van der Waals surface area (Å²) in [4.78, 5) is 12.2. The molecule has 0 radical (unpaired) electrons. The Bertz CT molecular complexity index is 613. The number of aromatic nitrogens is 1. The predicted molar refractivity (Wildman–Crippen MR) is 78.4 cm³/mol. The van der Waals surface area contributed by atoms with Crippen LogP contribution in [0.5, 0.6) is 0 Å². The molecule has 118 valence electrons. The summed E-state index contributed by atoms with van der Waals surface area (Å²) in [7, 11) is -3.83. The van der Waals surface area contributed by atoms with Gasteiger partial charge in [0.2, 0.25) is 10.0 Å². The van der Waals surface area contributed by atoms with Gasteiger partial charge in [0.05, 0.1) is 6.61 Å². The lowest BCUT2D eigenvalue weighted by molar-refractivity contribution is 0.0444. The summed E-state index contributed by atoms with van der Waals surface area (Å²) in [6.07, 6.45) is 5.48. The quantitative estimate of drug-likeness (QED) is 0.842. The van der Waals surface area contributed by atoms with Gasteiger partial charge in [-0.15, -0.1) is 0 Å². The molecule has 6 nitrogen and oxygen atoms in total. The monoisotopic (exact) mass is 314 g/mol. The maximum absolute atomic E-state index is 12.2. The highest BCUT2D eigenvalue weighted by atomic mass is 32.2. The van der Waals surface area contributed by atoms with Crippen LogP contribution < -0.4 is 5.14 Å². The van der Waals surface area contributed by atoms with E-state index in [0.717, 1.165) is 25.7 Å². The molecular weight excluding hydrogens is 292 g/mol. The number of carbonyl (C=O) groups excluding carboxylic acids is 1. The Morgan fingerprint density at radius 1 is 1.43 bits per heavy atom. The molecule has 21 heavy (non-hydrogen) atoms. The highest BCUT2D eigenvalue weighted by Crippen LogP contribution is 2.32. The van der Waals surface area contributed by atoms with Crippen LogP contribution in [0.15, 0.2) is 17.2 Å². The first-order valence-corrected chi connectivity index (χ1v) is 8.75. The topological polar surface area (TPSA) is 91.4 Å². The standard InChI is InChI=1S/C14H22N2O4S/c1-10(2)9-20-14(17)13-7-12(21(15,18)19)8-16(13)11-5-3-4-6-11/h7-8,10-11H,3-6,9H2,1-2H3,(H2,15,18,19). The molecule has 1 aromatic rings. The number of ether oxygens (including phenoxy) is 1. The number of nitrogens with two attached hydrogens (primary N) is 1. The molecule has 0 amide bonds. The number of rotatable bonds is 5. The molecule has 1 aromatic heterocycles. The van der Waals surface area contributed by atoms with E-state index in [0.29, 0.717) is 6.61 Å². The van der Waals surface area contributed by atoms with Crippen LogP contribution >= 0.6 is 0 Å². The number of primary sulfonamides is 1. The van der Waals surface area contributed by atoms with Crippen molar-refractivity contribution in [2.75, 3.05) is 6.61 Å². The first kappa shape index (κ1) is 16.0. The van der Waals surface area contributed by atoms with E-state index in [1.165, 1.54) is 12.3 Å². The van der Waals surface area contributed by atoms with E-state index in [-0.39, 0.29) is 22.5 Å². The minimum absolute atomic E-state index is 0.0362. The summed E-state index contributed by atoms with van der Waals surface area (Å²) in [6, 6.07) is 1.46. The van der Waals surface area contributed by atoms with E-state index >= 15 is 0 Å². The highest BCUT2D eigenvalue weighted by molar-refractivity contribution is 7.89. The van der Waals surface area contributed by atoms with Crippen LogP contribution in [0.4, 0.5) is 0 Å². The van der Waals surface area contributed by atoms with Gasteiger partial charge in [0, 0.05) is 12.2 Å². The van der Waals surface area contributed by atoms with Crippen LogP contribution in [0.1, 0.15) is 56.1 Å². The number of carbonyl (C=O) groups is 1. The van der Waals surface area contributed by atoms with Crippen LogP contribution in [0.3, 0.4) is 0 Å². The van der Waals surface area contributed by atoms with E-state index in [2.05, 4.69) is 0 Å². The van der Waals surface area contributed by atoms with Gasteiger partial charge in [-0.05, 0) is 24.8 Å². The normalized spacial score (nSPS) is 16.6. The number of hydrogen-bond acceptors (Lipinski definition) is 4. The van der Waals surface area contributed by atoms with Gasteiger partial charge >= 0.3 is 5.97 Å². The largest absolute Gasteiger partial charge is 0.461 e. The first-order chi connectivity index (χ1) is 9.79. The summed E-state index contributed by atoms with van der Waals surface area (Å²) in [5.41, 5.74) is 0.270. The highest BCUT2D eigenvalue weighted by Gasteiger charge is 2.26.